The third-order valence-corrected chi connectivity index (χ3v) is 6.36. The van der Waals surface area contributed by atoms with Crippen LogP contribution in [0.5, 0.6) is 0 Å². The number of rotatable bonds is 2. The Morgan fingerprint density at radius 2 is 1.82 bits per heavy atom. The van der Waals surface area contributed by atoms with Gasteiger partial charge in [-0.3, -0.25) is 0 Å². The van der Waals surface area contributed by atoms with Gasteiger partial charge < -0.3 is 0 Å². The standard InChI is InChI=1S/C13H11Br3S/c1-7-3-4-9(14)6-10(7)12(16)13-11(15)5-8(2)17-13/h3-6,12H,1-2H3. The summed E-state index contributed by atoms with van der Waals surface area (Å²) >= 11 is 12.8. The minimum Gasteiger partial charge on any atom is -0.143 e. The van der Waals surface area contributed by atoms with Gasteiger partial charge in [0.1, 0.15) is 0 Å². The van der Waals surface area contributed by atoms with Gasteiger partial charge in [0, 0.05) is 18.7 Å². The van der Waals surface area contributed by atoms with Crippen molar-refractivity contribution in [3.05, 3.63) is 54.1 Å². The van der Waals surface area contributed by atoms with Gasteiger partial charge in [-0.2, -0.15) is 0 Å². The predicted octanol–water partition coefficient (Wildman–Crippen LogP) is 6.37. The van der Waals surface area contributed by atoms with Crippen LogP contribution < -0.4 is 0 Å². The van der Waals surface area contributed by atoms with E-state index in [9.17, 15) is 0 Å². The molecule has 0 aliphatic carbocycles. The molecule has 0 saturated carbocycles. The van der Waals surface area contributed by atoms with Crippen LogP contribution in [0.15, 0.2) is 33.2 Å². The molecule has 0 aliphatic heterocycles. The quantitative estimate of drug-likeness (QED) is 0.477. The van der Waals surface area contributed by atoms with Crippen LogP contribution in [0.4, 0.5) is 0 Å². The molecule has 1 aromatic carbocycles. The van der Waals surface area contributed by atoms with E-state index >= 15 is 0 Å². The molecular weight excluding hydrogens is 428 g/mol. The summed E-state index contributed by atoms with van der Waals surface area (Å²) in [6.07, 6.45) is 0. The molecule has 0 aliphatic rings. The molecule has 0 bridgehead atoms. The molecule has 1 heterocycles. The van der Waals surface area contributed by atoms with E-state index in [1.165, 1.54) is 25.4 Å². The molecule has 0 radical (unpaired) electrons. The molecule has 4 heteroatoms. The lowest BCUT2D eigenvalue weighted by Crippen LogP contribution is -1.94. The number of alkyl halides is 1. The Kier molecular flexibility index (Phi) is 4.50. The van der Waals surface area contributed by atoms with Crippen LogP contribution in [0.1, 0.15) is 25.7 Å². The average Bonchev–Trinajstić information content (AvgIpc) is 2.60. The van der Waals surface area contributed by atoms with Crippen molar-refractivity contribution in [1.82, 2.24) is 0 Å². The maximum atomic E-state index is 3.80. The zero-order chi connectivity index (χ0) is 12.6. The fourth-order valence-electron chi connectivity index (χ4n) is 1.70. The SMILES string of the molecule is Cc1cc(Br)c(C(Br)c2cc(Br)ccc2C)s1. The van der Waals surface area contributed by atoms with E-state index in [-0.39, 0.29) is 4.83 Å². The van der Waals surface area contributed by atoms with Crippen molar-refractivity contribution in [2.75, 3.05) is 0 Å². The highest BCUT2D eigenvalue weighted by Gasteiger charge is 2.18. The lowest BCUT2D eigenvalue weighted by atomic mass is 10.1. The van der Waals surface area contributed by atoms with Gasteiger partial charge in [0.25, 0.3) is 0 Å². The fourth-order valence-corrected chi connectivity index (χ4v) is 5.28. The summed E-state index contributed by atoms with van der Waals surface area (Å²) in [7, 11) is 0. The molecule has 0 N–H and O–H groups in total. The van der Waals surface area contributed by atoms with Gasteiger partial charge in [-0.1, -0.05) is 37.9 Å². The Bertz CT molecular complexity index is 546. The Labute approximate surface area is 131 Å². The fraction of sp³-hybridized carbons (Fsp3) is 0.231. The number of aryl methyl sites for hydroxylation is 2. The van der Waals surface area contributed by atoms with Crippen LogP contribution >= 0.6 is 59.1 Å². The first-order valence-corrected chi connectivity index (χ1v) is 8.47. The van der Waals surface area contributed by atoms with E-state index < -0.39 is 0 Å². The first-order valence-electron chi connectivity index (χ1n) is 5.15. The minimum atomic E-state index is 0.244. The van der Waals surface area contributed by atoms with Crippen LogP contribution in [-0.2, 0) is 0 Å². The van der Waals surface area contributed by atoms with Crippen LogP contribution in [0.25, 0.3) is 0 Å². The van der Waals surface area contributed by atoms with E-state index in [0.29, 0.717) is 0 Å². The summed E-state index contributed by atoms with van der Waals surface area (Å²) < 4.78 is 2.30. The second-order valence-electron chi connectivity index (χ2n) is 3.93. The zero-order valence-electron chi connectivity index (χ0n) is 9.43. The molecule has 0 saturated heterocycles. The largest absolute Gasteiger partial charge is 0.143 e. The Hall–Kier alpha value is 0.360. The van der Waals surface area contributed by atoms with Gasteiger partial charge >= 0.3 is 0 Å². The van der Waals surface area contributed by atoms with Gasteiger partial charge in [-0.25, -0.2) is 0 Å². The number of benzene rings is 1. The monoisotopic (exact) mass is 436 g/mol. The van der Waals surface area contributed by atoms with E-state index in [1.807, 2.05) is 11.3 Å². The lowest BCUT2D eigenvalue weighted by Gasteiger charge is -2.13. The molecule has 1 unspecified atom stereocenters. The number of hydrogen-bond acceptors (Lipinski definition) is 1. The van der Waals surface area contributed by atoms with Crippen molar-refractivity contribution in [1.29, 1.82) is 0 Å². The Morgan fingerprint density at radius 3 is 2.41 bits per heavy atom. The molecule has 17 heavy (non-hydrogen) atoms. The van der Waals surface area contributed by atoms with Gasteiger partial charge in [0.15, 0.2) is 0 Å². The second-order valence-corrected chi connectivity index (χ2v) is 7.91. The zero-order valence-corrected chi connectivity index (χ0v) is 15.0. The third-order valence-electron chi connectivity index (χ3n) is 2.58. The Balaban J connectivity index is 2.46. The van der Waals surface area contributed by atoms with E-state index in [2.05, 4.69) is 85.9 Å². The minimum absolute atomic E-state index is 0.244. The molecule has 0 amide bonds. The van der Waals surface area contributed by atoms with Crippen LogP contribution in [0.3, 0.4) is 0 Å². The lowest BCUT2D eigenvalue weighted by molar-refractivity contribution is 1.17. The van der Waals surface area contributed by atoms with Crippen LogP contribution in [-0.4, -0.2) is 0 Å². The predicted molar refractivity (Wildman–Crippen MR) is 86.4 cm³/mol. The van der Waals surface area contributed by atoms with Gasteiger partial charge in [-0.05, 0) is 59.1 Å². The van der Waals surface area contributed by atoms with Crippen LogP contribution in [0.2, 0.25) is 0 Å². The van der Waals surface area contributed by atoms with E-state index in [0.717, 1.165) is 4.47 Å². The summed E-state index contributed by atoms with van der Waals surface area (Å²) in [5.41, 5.74) is 2.61. The molecule has 2 rings (SSSR count). The maximum absolute atomic E-state index is 3.80. The molecule has 0 nitrogen and oxygen atoms in total. The van der Waals surface area contributed by atoms with Crippen molar-refractivity contribution in [2.24, 2.45) is 0 Å². The number of halogens is 3. The molecule has 2 aromatic rings. The van der Waals surface area contributed by atoms with Gasteiger partial charge in [0.05, 0.1) is 4.83 Å². The van der Waals surface area contributed by atoms with E-state index in [4.69, 9.17) is 0 Å². The summed E-state index contributed by atoms with van der Waals surface area (Å²) in [6.45, 7) is 4.27. The van der Waals surface area contributed by atoms with Crippen molar-refractivity contribution >= 4 is 59.1 Å². The molecule has 90 valence electrons. The van der Waals surface area contributed by atoms with E-state index in [1.54, 1.807) is 0 Å². The van der Waals surface area contributed by atoms with Crippen LogP contribution in [0, 0.1) is 13.8 Å². The molecule has 0 spiro atoms. The summed E-state index contributed by atoms with van der Waals surface area (Å²) in [4.78, 5) is 2.89. The number of thiophene rings is 1. The highest BCUT2D eigenvalue weighted by molar-refractivity contribution is 9.11. The third kappa shape index (κ3) is 3.03. The topological polar surface area (TPSA) is 0 Å². The number of hydrogen-bond donors (Lipinski definition) is 0. The molecule has 1 atom stereocenters. The van der Waals surface area contributed by atoms with Gasteiger partial charge in [0.2, 0.25) is 0 Å². The Morgan fingerprint density at radius 1 is 1.12 bits per heavy atom. The molecule has 0 fully saturated rings. The summed E-state index contributed by atoms with van der Waals surface area (Å²) in [5, 5.41) is 0. The highest BCUT2D eigenvalue weighted by atomic mass is 79.9. The normalized spacial score (nSPS) is 12.8. The summed E-state index contributed by atoms with van der Waals surface area (Å²) in [6, 6.07) is 8.56. The van der Waals surface area contributed by atoms with Gasteiger partial charge in [-0.15, -0.1) is 11.3 Å². The molecule has 1 aromatic heterocycles. The van der Waals surface area contributed by atoms with Crippen molar-refractivity contribution in [2.45, 2.75) is 18.7 Å². The highest BCUT2D eigenvalue weighted by Crippen LogP contribution is 2.42. The first-order chi connectivity index (χ1) is 7.99. The smallest absolute Gasteiger partial charge is 0.0752 e. The van der Waals surface area contributed by atoms with Crippen molar-refractivity contribution in [3.8, 4) is 0 Å². The van der Waals surface area contributed by atoms with Crippen molar-refractivity contribution in [3.63, 3.8) is 0 Å². The first kappa shape index (κ1) is 13.8. The summed E-state index contributed by atoms with van der Waals surface area (Å²) in [5.74, 6) is 0. The maximum Gasteiger partial charge on any atom is 0.0752 e. The second kappa shape index (κ2) is 5.55. The average molecular weight is 439 g/mol. The molecular formula is C13H11Br3S. The van der Waals surface area contributed by atoms with Crippen molar-refractivity contribution < 1.29 is 0 Å².